The first-order valence-electron chi connectivity index (χ1n) is 5.62. The molecule has 4 nitrogen and oxygen atoms in total. The SMILES string of the molecule is Cc1cc(S(=O)(=O)Nc2c(Br)cc(Br)cc2Br)sc1CO. The zero-order chi connectivity index (χ0) is 15.8. The molecule has 0 spiro atoms. The van der Waals surface area contributed by atoms with Gasteiger partial charge in [-0.05, 0) is 62.5 Å². The Labute approximate surface area is 152 Å². The maximum Gasteiger partial charge on any atom is 0.271 e. The Balaban J connectivity index is 2.42. The summed E-state index contributed by atoms with van der Waals surface area (Å²) < 4.78 is 29.6. The predicted octanol–water partition coefficient (Wildman–Crippen LogP) is 4.64. The molecule has 0 bridgehead atoms. The molecule has 0 amide bonds. The second-order valence-corrected chi connectivity index (χ2v) is 9.85. The van der Waals surface area contributed by atoms with Crippen molar-refractivity contribution in [1.82, 2.24) is 0 Å². The van der Waals surface area contributed by atoms with Gasteiger partial charge in [-0.3, -0.25) is 4.72 Å². The van der Waals surface area contributed by atoms with Crippen LogP contribution in [0.5, 0.6) is 0 Å². The van der Waals surface area contributed by atoms with Crippen molar-refractivity contribution in [2.45, 2.75) is 17.7 Å². The number of hydrogen-bond acceptors (Lipinski definition) is 4. The summed E-state index contributed by atoms with van der Waals surface area (Å²) in [4.78, 5) is 0.643. The average Bonchev–Trinajstić information content (AvgIpc) is 2.76. The highest BCUT2D eigenvalue weighted by atomic mass is 79.9. The van der Waals surface area contributed by atoms with Gasteiger partial charge in [-0.25, -0.2) is 8.42 Å². The number of aryl methyl sites for hydroxylation is 1. The maximum atomic E-state index is 12.4. The first-order chi connectivity index (χ1) is 9.74. The van der Waals surface area contributed by atoms with Crippen molar-refractivity contribution in [2.24, 2.45) is 0 Å². The van der Waals surface area contributed by atoms with Crippen molar-refractivity contribution >= 4 is 74.8 Å². The molecule has 0 aliphatic heterocycles. The molecular weight excluding hydrogens is 510 g/mol. The fourth-order valence-electron chi connectivity index (χ4n) is 1.60. The molecule has 0 fully saturated rings. The topological polar surface area (TPSA) is 66.4 Å². The summed E-state index contributed by atoms with van der Waals surface area (Å²) in [6, 6.07) is 5.06. The highest BCUT2D eigenvalue weighted by Crippen LogP contribution is 2.36. The molecule has 21 heavy (non-hydrogen) atoms. The number of sulfonamides is 1. The average molecular weight is 520 g/mol. The third-order valence-corrected chi connectivity index (χ3v) is 7.40. The fourth-order valence-corrected chi connectivity index (χ4v) is 6.87. The highest BCUT2D eigenvalue weighted by Gasteiger charge is 2.21. The summed E-state index contributed by atoms with van der Waals surface area (Å²) >= 11 is 11.1. The molecule has 0 unspecified atom stereocenters. The number of benzene rings is 1. The number of thiophene rings is 1. The van der Waals surface area contributed by atoms with Crippen LogP contribution in [0.15, 0.2) is 35.8 Å². The Morgan fingerprint density at radius 3 is 2.24 bits per heavy atom. The van der Waals surface area contributed by atoms with Gasteiger partial charge >= 0.3 is 0 Å². The minimum atomic E-state index is -3.70. The Kier molecular flexibility index (Phi) is 5.54. The van der Waals surface area contributed by atoms with E-state index < -0.39 is 10.0 Å². The monoisotopic (exact) mass is 517 g/mol. The lowest BCUT2D eigenvalue weighted by Gasteiger charge is -2.11. The van der Waals surface area contributed by atoms with Crippen LogP contribution < -0.4 is 4.72 Å². The van der Waals surface area contributed by atoms with E-state index in [2.05, 4.69) is 52.5 Å². The minimum Gasteiger partial charge on any atom is -0.391 e. The van der Waals surface area contributed by atoms with Crippen molar-refractivity contribution in [3.8, 4) is 0 Å². The second-order valence-electron chi connectivity index (χ2n) is 4.18. The van der Waals surface area contributed by atoms with E-state index in [1.165, 1.54) is 0 Å². The van der Waals surface area contributed by atoms with Crippen molar-refractivity contribution < 1.29 is 13.5 Å². The van der Waals surface area contributed by atoms with Crippen molar-refractivity contribution in [3.63, 3.8) is 0 Å². The van der Waals surface area contributed by atoms with Gasteiger partial charge in [0, 0.05) is 18.3 Å². The Morgan fingerprint density at radius 2 is 1.76 bits per heavy atom. The summed E-state index contributed by atoms with van der Waals surface area (Å²) in [5, 5.41) is 9.18. The minimum absolute atomic E-state index is 0.169. The molecule has 9 heteroatoms. The summed E-state index contributed by atoms with van der Waals surface area (Å²) in [5.41, 5.74) is 1.19. The Hall–Kier alpha value is 0.0700. The number of aliphatic hydroxyl groups excluding tert-OH is 1. The number of anilines is 1. The van der Waals surface area contributed by atoms with Crippen molar-refractivity contribution in [2.75, 3.05) is 4.72 Å². The first kappa shape index (κ1) is 17.4. The van der Waals surface area contributed by atoms with E-state index >= 15 is 0 Å². The molecule has 0 aliphatic rings. The quantitative estimate of drug-likeness (QED) is 0.618. The standard InChI is InChI=1S/C12H10Br3NO3S2/c1-6-2-11(20-10(6)5-17)21(18,19)16-12-8(14)3-7(13)4-9(12)15/h2-4,16-17H,5H2,1H3. The van der Waals surface area contributed by atoms with Crippen molar-refractivity contribution in [1.29, 1.82) is 0 Å². The van der Waals surface area contributed by atoms with E-state index in [1.807, 2.05) is 0 Å². The van der Waals surface area contributed by atoms with E-state index in [1.54, 1.807) is 25.1 Å². The highest BCUT2D eigenvalue weighted by molar-refractivity contribution is 9.11. The number of hydrogen-bond donors (Lipinski definition) is 2. The van der Waals surface area contributed by atoms with Crippen LogP contribution in [0.25, 0.3) is 0 Å². The zero-order valence-electron chi connectivity index (χ0n) is 10.7. The lowest BCUT2D eigenvalue weighted by atomic mass is 10.3. The number of rotatable bonds is 4. The van der Waals surface area contributed by atoms with Crippen LogP contribution in [-0.2, 0) is 16.6 Å². The summed E-state index contributed by atoms with van der Waals surface area (Å²) in [6.07, 6.45) is 0. The third-order valence-electron chi connectivity index (χ3n) is 2.65. The lowest BCUT2D eigenvalue weighted by Crippen LogP contribution is -2.12. The fraction of sp³-hybridized carbons (Fsp3) is 0.167. The summed E-state index contributed by atoms with van der Waals surface area (Å²) in [5.74, 6) is 0. The van der Waals surface area contributed by atoms with Crippen LogP contribution in [0.4, 0.5) is 5.69 Å². The number of aliphatic hydroxyl groups is 1. The molecule has 0 atom stereocenters. The Bertz CT molecular complexity index is 764. The van der Waals surface area contributed by atoms with Crippen LogP contribution >= 0.6 is 59.1 Å². The van der Waals surface area contributed by atoms with Gasteiger partial charge in [-0.1, -0.05) is 15.9 Å². The molecule has 2 N–H and O–H groups in total. The number of nitrogens with one attached hydrogen (secondary N) is 1. The molecule has 0 saturated carbocycles. The van der Waals surface area contributed by atoms with Crippen molar-refractivity contribution in [3.05, 3.63) is 42.1 Å². The predicted molar refractivity (Wildman–Crippen MR) is 95.3 cm³/mol. The third kappa shape index (κ3) is 3.89. The van der Waals surface area contributed by atoms with Crippen LogP contribution in [0.2, 0.25) is 0 Å². The molecule has 114 valence electrons. The molecule has 0 radical (unpaired) electrons. The van der Waals surface area contributed by atoms with Gasteiger partial charge in [0.25, 0.3) is 10.0 Å². The van der Waals surface area contributed by atoms with Gasteiger partial charge in [0.2, 0.25) is 0 Å². The summed E-state index contributed by atoms with van der Waals surface area (Å²) in [6.45, 7) is 1.60. The first-order valence-corrected chi connectivity index (χ1v) is 10.3. The van der Waals surface area contributed by atoms with Gasteiger partial charge in [-0.2, -0.15) is 0 Å². The number of halogens is 3. The molecule has 1 aromatic carbocycles. The smallest absolute Gasteiger partial charge is 0.271 e. The molecule has 2 rings (SSSR count). The maximum absolute atomic E-state index is 12.4. The lowest BCUT2D eigenvalue weighted by molar-refractivity contribution is 0.285. The van der Waals surface area contributed by atoms with E-state index in [-0.39, 0.29) is 10.8 Å². The normalized spacial score (nSPS) is 11.7. The largest absolute Gasteiger partial charge is 0.391 e. The van der Waals surface area contributed by atoms with Gasteiger partial charge < -0.3 is 5.11 Å². The molecule has 1 aromatic heterocycles. The molecule has 0 aliphatic carbocycles. The van der Waals surface area contributed by atoms with E-state index in [0.717, 1.165) is 21.4 Å². The molecule has 1 heterocycles. The molecule has 0 saturated heterocycles. The van der Waals surface area contributed by atoms with E-state index in [4.69, 9.17) is 0 Å². The molecular formula is C12H10Br3NO3S2. The van der Waals surface area contributed by atoms with Gasteiger partial charge in [0.1, 0.15) is 4.21 Å². The second kappa shape index (κ2) is 6.67. The Morgan fingerprint density at radius 1 is 1.19 bits per heavy atom. The van der Waals surface area contributed by atoms with Gasteiger partial charge in [0.05, 0.1) is 12.3 Å². The van der Waals surface area contributed by atoms with E-state index in [9.17, 15) is 13.5 Å². The molecule has 2 aromatic rings. The van der Waals surface area contributed by atoms with E-state index in [0.29, 0.717) is 19.5 Å². The van der Waals surface area contributed by atoms with Crippen LogP contribution in [0.3, 0.4) is 0 Å². The van der Waals surface area contributed by atoms with Crippen LogP contribution in [0, 0.1) is 6.92 Å². The van der Waals surface area contributed by atoms with Crippen LogP contribution in [0.1, 0.15) is 10.4 Å². The van der Waals surface area contributed by atoms with Gasteiger partial charge in [0.15, 0.2) is 0 Å². The van der Waals surface area contributed by atoms with Gasteiger partial charge in [-0.15, -0.1) is 11.3 Å². The zero-order valence-corrected chi connectivity index (χ0v) is 17.0. The van der Waals surface area contributed by atoms with Crippen LogP contribution in [-0.4, -0.2) is 13.5 Å². The summed E-state index contributed by atoms with van der Waals surface area (Å²) in [7, 11) is -3.70.